The maximum Gasteiger partial charge on any atom is 0.233 e. The van der Waals surface area contributed by atoms with Crippen molar-refractivity contribution in [2.75, 3.05) is 6.54 Å². The molecule has 0 spiro atoms. The van der Waals surface area contributed by atoms with Gasteiger partial charge in [0.25, 0.3) is 0 Å². The Morgan fingerprint density at radius 1 is 1.31 bits per heavy atom. The minimum Gasteiger partial charge on any atom is -0.387 e. The maximum absolute atomic E-state index is 9.32. The van der Waals surface area contributed by atoms with Crippen LogP contribution in [0.25, 0.3) is 0 Å². The normalized spacial score (nSPS) is 19.6. The lowest BCUT2D eigenvalue weighted by atomic mass is 9.93. The van der Waals surface area contributed by atoms with Crippen molar-refractivity contribution in [3.8, 4) is 0 Å². The standard InChI is InChI=1S/C7H18N2O4/c1-2-6(9,11)7(12,13)5(10)3-4-8/h5,10-13H,2-4,8-9H2,1H3. The van der Waals surface area contributed by atoms with E-state index in [-0.39, 0.29) is 19.4 Å². The first kappa shape index (κ1) is 12.8. The second-order valence-corrected chi connectivity index (χ2v) is 3.10. The molecule has 13 heavy (non-hydrogen) atoms. The molecule has 0 rings (SSSR count). The molecule has 0 aliphatic heterocycles. The van der Waals surface area contributed by atoms with Gasteiger partial charge in [-0.1, -0.05) is 6.92 Å². The molecule has 2 unspecified atom stereocenters. The highest BCUT2D eigenvalue weighted by atomic mass is 16.6. The second kappa shape index (κ2) is 4.32. The molecule has 0 bridgehead atoms. The maximum atomic E-state index is 9.32. The van der Waals surface area contributed by atoms with E-state index >= 15 is 0 Å². The van der Waals surface area contributed by atoms with Crippen LogP contribution >= 0.6 is 0 Å². The van der Waals surface area contributed by atoms with Crippen molar-refractivity contribution < 1.29 is 20.4 Å². The summed E-state index contributed by atoms with van der Waals surface area (Å²) in [5, 5.41) is 37.2. The fourth-order valence-corrected chi connectivity index (χ4v) is 0.908. The highest BCUT2D eigenvalue weighted by molar-refractivity contribution is 4.91. The summed E-state index contributed by atoms with van der Waals surface area (Å²) in [4.78, 5) is 0. The van der Waals surface area contributed by atoms with Crippen molar-refractivity contribution in [2.45, 2.75) is 37.4 Å². The molecule has 0 aromatic heterocycles. The summed E-state index contributed by atoms with van der Waals surface area (Å²) in [6.07, 6.45) is -1.71. The Balaban J connectivity index is 4.53. The number of nitrogens with two attached hydrogens (primary N) is 2. The van der Waals surface area contributed by atoms with Gasteiger partial charge in [-0.05, 0) is 19.4 Å². The zero-order valence-electron chi connectivity index (χ0n) is 7.64. The molecule has 0 aliphatic carbocycles. The van der Waals surface area contributed by atoms with Crippen LogP contribution in [0.5, 0.6) is 0 Å². The fourth-order valence-electron chi connectivity index (χ4n) is 0.908. The summed E-state index contributed by atoms with van der Waals surface area (Å²) in [5.74, 6) is -2.74. The van der Waals surface area contributed by atoms with Gasteiger partial charge in [-0.3, -0.25) is 5.73 Å². The van der Waals surface area contributed by atoms with Crippen molar-refractivity contribution in [3.63, 3.8) is 0 Å². The van der Waals surface area contributed by atoms with E-state index in [1.807, 2.05) is 0 Å². The van der Waals surface area contributed by atoms with E-state index in [1.54, 1.807) is 0 Å². The molecule has 2 atom stereocenters. The van der Waals surface area contributed by atoms with Crippen molar-refractivity contribution in [2.24, 2.45) is 11.5 Å². The fraction of sp³-hybridized carbons (Fsp3) is 1.00. The topological polar surface area (TPSA) is 133 Å². The monoisotopic (exact) mass is 194 g/mol. The Kier molecular flexibility index (Phi) is 4.24. The minimum absolute atomic E-state index is 0.0491. The lowest BCUT2D eigenvalue weighted by Crippen LogP contribution is -2.66. The van der Waals surface area contributed by atoms with Gasteiger partial charge in [0.1, 0.15) is 6.10 Å². The van der Waals surface area contributed by atoms with Crippen LogP contribution in [0.3, 0.4) is 0 Å². The third-order valence-electron chi connectivity index (χ3n) is 2.08. The minimum atomic E-state index is -2.74. The Hall–Kier alpha value is -0.240. The van der Waals surface area contributed by atoms with Gasteiger partial charge in [0.05, 0.1) is 0 Å². The molecule has 0 aliphatic rings. The van der Waals surface area contributed by atoms with Crippen molar-refractivity contribution in [3.05, 3.63) is 0 Å². The first-order valence-electron chi connectivity index (χ1n) is 4.13. The molecule has 0 radical (unpaired) electrons. The molecule has 6 nitrogen and oxygen atoms in total. The van der Waals surface area contributed by atoms with E-state index in [0.29, 0.717) is 0 Å². The Bertz CT molecular complexity index is 161. The number of rotatable bonds is 5. The summed E-state index contributed by atoms with van der Waals surface area (Å²) in [6.45, 7) is 1.54. The highest BCUT2D eigenvalue weighted by Crippen LogP contribution is 2.23. The van der Waals surface area contributed by atoms with Crippen LogP contribution in [0.15, 0.2) is 0 Å². The molecule has 0 saturated heterocycles. The van der Waals surface area contributed by atoms with E-state index < -0.39 is 17.6 Å². The lowest BCUT2D eigenvalue weighted by Gasteiger charge is -2.38. The summed E-state index contributed by atoms with van der Waals surface area (Å²) < 4.78 is 0. The van der Waals surface area contributed by atoms with Gasteiger partial charge in [0.2, 0.25) is 5.79 Å². The number of hydrogen-bond acceptors (Lipinski definition) is 6. The van der Waals surface area contributed by atoms with Crippen LogP contribution in [-0.2, 0) is 0 Å². The highest BCUT2D eigenvalue weighted by Gasteiger charge is 2.49. The lowest BCUT2D eigenvalue weighted by molar-refractivity contribution is -0.315. The molecule has 0 heterocycles. The SMILES string of the molecule is CCC(N)(O)C(O)(O)C(O)CCN. The van der Waals surface area contributed by atoms with Crippen LogP contribution in [0.2, 0.25) is 0 Å². The van der Waals surface area contributed by atoms with Gasteiger partial charge in [0, 0.05) is 0 Å². The van der Waals surface area contributed by atoms with Crippen LogP contribution in [0, 0.1) is 0 Å². The Morgan fingerprint density at radius 3 is 2.08 bits per heavy atom. The van der Waals surface area contributed by atoms with Gasteiger partial charge >= 0.3 is 0 Å². The molecular weight excluding hydrogens is 176 g/mol. The summed E-state index contributed by atoms with van der Waals surface area (Å²) in [7, 11) is 0. The molecular formula is C7H18N2O4. The first-order chi connectivity index (χ1) is 5.79. The predicted molar refractivity (Wildman–Crippen MR) is 46.3 cm³/mol. The van der Waals surface area contributed by atoms with Gasteiger partial charge in [0.15, 0.2) is 5.72 Å². The Labute approximate surface area is 76.8 Å². The van der Waals surface area contributed by atoms with E-state index in [2.05, 4.69) is 0 Å². The second-order valence-electron chi connectivity index (χ2n) is 3.10. The third kappa shape index (κ3) is 2.60. The van der Waals surface area contributed by atoms with E-state index in [1.165, 1.54) is 6.92 Å². The van der Waals surface area contributed by atoms with Crippen molar-refractivity contribution in [1.29, 1.82) is 0 Å². The Morgan fingerprint density at radius 2 is 1.77 bits per heavy atom. The van der Waals surface area contributed by atoms with Crippen molar-refractivity contribution >= 4 is 0 Å². The van der Waals surface area contributed by atoms with Crippen LogP contribution in [-0.4, -0.2) is 44.6 Å². The zero-order valence-corrected chi connectivity index (χ0v) is 7.64. The molecule has 0 saturated carbocycles. The largest absolute Gasteiger partial charge is 0.387 e. The molecule has 80 valence electrons. The molecule has 0 amide bonds. The summed E-state index contributed by atoms with van der Waals surface area (Å²) in [6, 6.07) is 0. The van der Waals surface area contributed by atoms with Crippen LogP contribution in [0.4, 0.5) is 0 Å². The first-order valence-corrected chi connectivity index (χ1v) is 4.13. The predicted octanol–water partition coefficient (Wildman–Crippen LogP) is -2.57. The molecule has 8 N–H and O–H groups in total. The van der Waals surface area contributed by atoms with E-state index in [9.17, 15) is 20.4 Å². The molecule has 0 aromatic carbocycles. The summed E-state index contributed by atoms with van der Waals surface area (Å²) >= 11 is 0. The molecule has 6 heteroatoms. The van der Waals surface area contributed by atoms with Crippen LogP contribution < -0.4 is 11.5 Å². The van der Waals surface area contributed by atoms with Crippen molar-refractivity contribution in [1.82, 2.24) is 0 Å². The quantitative estimate of drug-likeness (QED) is 0.267. The van der Waals surface area contributed by atoms with Gasteiger partial charge in [-0.15, -0.1) is 0 Å². The number of aliphatic hydroxyl groups excluding tert-OH is 1. The van der Waals surface area contributed by atoms with Gasteiger partial charge < -0.3 is 26.2 Å². The zero-order chi connectivity index (χ0) is 10.7. The van der Waals surface area contributed by atoms with E-state index in [4.69, 9.17) is 11.5 Å². The van der Waals surface area contributed by atoms with Gasteiger partial charge in [-0.2, -0.15) is 0 Å². The van der Waals surface area contributed by atoms with E-state index in [0.717, 1.165) is 0 Å². The smallest absolute Gasteiger partial charge is 0.233 e. The van der Waals surface area contributed by atoms with Crippen LogP contribution in [0.1, 0.15) is 19.8 Å². The molecule has 0 fully saturated rings. The molecule has 0 aromatic rings. The number of hydrogen-bond donors (Lipinski definition) is 6. The average Bonchev–Trinajstić information content (AvgIpc) is 2.04. The average molecular weight is 194 g/mol. The van der Waals surface area contributed by atoms with Gasteiger partial charge in [-0.25, -0.2) is 0 Å². The third-order valence-corrected chi connectivity index (χ3v) is 2.08. The number of aliphatic hydroxyl groups is 4. The summed E-state index contributed by atoms with van der Waals surface area (Å²) in [5.41, 5.74) is 8.05.